The summed E-state index contributed by atoms with van der Waals surface area (Å²) < 4.78 is 4.44. The van der Waals surface area contributed by atoms with Crippen LogP contribution in [0.2, 0.25) is 0 Å². The first-order valence-electron chi connectivity index (χ1n) is 3.31. The molecule has 5 heteroatoms. The average molecular weight is 182 g/mol. The van der Waals surface area contributed by atoms with Crippen molar-refractivity contribution in [3.05, 3.63) is 0 Å². The molecule has 0 rings (SSSR count). The van der Waals surface area contributed by atoms with Crippen LogP contribution >= 0.6 is 7.28 Å². The van der Waals surface area contributed by atoms with Gasteiger partial charge in [-0.2, -0.15) is 0 Å². The second-order valence-corrected chi connectivity index (χ2v) is 6.53. The topological polar surface area (TPSA) is 66.8 Å². The third kappa shape index (κ3) is 2.49. The normalized spacial score (nSPS) is 16.1. The Morgan fingerprint density at radius 1 is 1.45 bits per heavy atom. The number of carbonyl (C=O) groups is 1. The van der Waals surface area contributed by atoms with Gasteiger partial charge in [0, 0.05) is 0 Å². The van der Waals surface area contributed by atoms with Crippen LogP contribution in [0.1, 0.15) is 13.8 Å². The summed E-state index contributed by atoms with van der Waals surface area (Å²) in [6.45, 7) is 4.24. The van der Waals surface area contributed by atoms with Crippen LogP contribution in [-0.2, 0) is 9.32 Å². The van der Waals surface area contributed by atoms with Crippen molar-refractivity contribution in [2.75, 3.05) is 13.8 Å². The van der Waals surface area contributed by atoms with E-state index in [2.05, 4.69) is 4.52 Å². The molecule has 0 unspecified atom stereocenters. The Kier molecular flexibility index (Phi) is 2.79. The summed E-state index contributed by atoms with van der Waals surface area (Å²) in [5.41, 5.74) is -0.626. The summed E-state index contributed by atoms with van der Waals surface area (Å²) >= 11 is 0. The third-order valence-corrected chi connectivity index (χ3v) is 3.84. The van der Waals surface area contributed by atoms with Crippen LogP contribution in [0.5, 0.6) is 0 Å². The zero-order valence-corrected chi connectivity index (χ0v) is 8.13. The molecule has 0 atom stereocenters. The zero-order chi connectivity index (χ0) is 9.31. The van der Waals surface area contributed by atoms with E-state index in [1.807, 2.05) is 0 Å². The first-order chi connectivity index (χ1) is 4.69. The predicted octanol–water partition coefficient (Wildman–Crippen LogP) is 0.728. The van der Waals surface area contributed by atoms with Gasteiger partial charge in [-0.15, -0.1) is 0 Å². The number of carbonyl (C=O) groups excluding carboxylic acids is 1. The number of hydrogen-bond acceptors (Lipinski definition) is 4. The molecule has 0 saturated carbocycles. The van der Waals surface area contributed by atoms with Crippen LogP contribution in [0.4, 0.5) is 0 Å². The Balaban J connectivity index is 4.69. The van der Waals surface area contributed by atoms with E-state index in [9.17, 15) is 14.6 Å². The molecule has 11 heavy (non-hydrogen) atoms. The fourth-order valence-electron chi connectivity index (χ4n) is 0.685. The number of hydrogen-bond donors (Lipinski definition) is 2. The Morgan fingerprint density at radius 3 is 1.91 bits per heavy atom. The molecule has 0 fully saturated rings. The van der Waals surface area contributed by atoms with Crippen LogP contribution in [0.3, 0.4) is 0 Å². The molecule has 0 heterocycles. The Bertz CT molecular complexity index is 167. The quantitative estimate of drug-likeness (QED) is 0.631. The molecule has 0 bridgehead atoms. The summed E-state index contributed by atoms with van der Waals surface area (Å²) in [4.78, 5) is 29.8. The van der Waals surface area contributed by atoms with E-state index in [4.69, 9.17) is 0 Å². The van der Waals surface area contributed by atoms with Gasteiger partial charge < -0.3 is 0 Å². The summed E-state index contributed by atoms with van der Waals surface area (Å²) in [7, 11) is -3.32. The monoisotopic (exact) mass is 182 g/mol. The molecule has 0 aromatic rings. The van der Waals surface area contributed by atoms with Gasteiger partial charge in [-0.25, -0.2) is 0 Å². The predicted molar refractivity (Wildman–Crippen MR) is 44.1 cm³/mol. The van der Waals surface area contributed by atoms with Gasteiger partial charge in [0.05, 0.1) is 0 Å². The van der Waals surface area contributed by atoms with Crippen molar-refractivity contribution >= 4 is 12.8 Å². The molecular weight excluding hydrogens is 167 g/mol. The van der Waals surface area contributed by atoms with Crippen LogP contribution in [-0.4, -0.2) is 29.1 Å². The maximum atomic E-state index is 11.2. The van der Waals surface area contributed by atoms with E-state index in [-0.39, 0.29) is 0 Å². The molecule has 4 nitrogen and oxygen atoms in total. The summed E-state index contributed by atoms with van der Waals surface area (Å²) in [5, 5.41) is 0. The first kappa shape index (κ1) is 11.0. The summed E-state index contributed by atoms with van der Waals surface area (Å²) in [6, 6.07) is 0. The molecule has 68 valence electrons. The minimum atomic E-state index is -4.44. The van der Waals surface area contributed by atoms with E-state index >= 15 is 0 Å². The van der Waals surface area contributed by atoms with E-state index < -0.39 is 18.7 Å². The van der Waals surface area contributed by atoms with Gasteiger partial charge in [0.25, 0.3) is 0 Å². The Hall–Kier alpha value is -0.0200. The zero-order valence-electron chi connectivity index (χ0n) is 7.24. The molecule has 0 amide bonds. The van der Waals surface area contributed by atoms with Crippen LogP contribution in [0.15, 0.2) is 0 Å². The van der Waals surface area contributed by atoms with Crippen molar-refractivity contribution in [3.63, 3.8) is 0 Å². The van der Waals surface area contributed by atoms with Gasteiger partial charge in [0.1, 0.15) is 0 Å². The standard InChI is InChI=1S/C6H15O4P/c1-5(2)6(7)11(4,8,9)10-3/h5,8-9H,1-4H3. The van der Waals surface area contributed by atoms with Crippen molar-refractivity contribution in [1.82, 2.24) is 0 Å². The van der Waals surface area contributed by atoms with Crippen molar-refractivity contribution in [1.29, 1.82) is 0 Å². The SMILES string of the molecule is COP(C)(O)(O)C(=O)C(C)C. The van der Waals surface area contributed by atoms with Crippen molar-refractivity contribution in [3.8, 4) is 0 Å². The van der Waals surface area contributed by atoms with Gasteiger partial charge in [-0.05, 0) is 0 Å². The Labute approximate surface area is 66.4 Å². The summed E-state index contributed by atoms with van der Waals surface area (Å²) in [5.74, 6) is -0.424. The Morgan fingerprint density at radius 2 is 1.82 bits per heavy atom. The molecule has 0 aliphatic carbocycles. The average Bonchev–Trinajstić information content (AvgIpc) is 1.86. The van der Waals surface area contributed by atoms with Crippen molar-refractivity contribution < 1.29 is 19.1 Å². The van der Waals surface area contributed by atoms with Gasteiger partial charge >= 0.3 is 65.5 Å². The molecule has 0 aromatic heterocycles. The van der Waals surface area contributed by atoms with Gasteiger partial charge in [0.15, 0.2) is 0 Å². The van der Waals surface area contributed by atoms with Gasteiger partial charge in [-0.3, -0.25) is 0 Å². The second kappa shape index (κ2) is 2.79. The maximum absolute atomic E-state index is 11.2. The van der Waals surface area contributed by atoms with Crippen molar-refractivity contribution in [2.24, 2.45) is 5.92 Å². The van der Waals surface area contributed by atoms with E-state index in [0.29, 0.717) is 0 Å². The fraction of sp³-hybridized carbons (Fsp3) is 0.833. The minimum absolute atomic E-state index is 0.424. The molecule has 0 spiro atoms. The van der Waals surface area contributed by atoms with Crippen LogP contribution in [0, 0.1) is 5.92 Å². The molecule has 0 radical (unpaired) electrons. The third-order valence-electron chi connectivity index (χ3n) is 1.44. The molecule has 2 N–H and O–H groups in total. The molecule has 0 saturated heterocycles. The molecule has 0 aromatic carbocycles. The molecule has 0 aliphatic rings. The second-order valence-electron chi connectivity index (χ2n) is 3.03. The first-order valence-corrected chi connectivity index (χ1v) is 5.82. The van der Waals surface area contributed by atoms with Crippen LogP contribution < -0.4 is 0 Å². The van der Waals surface area contributed by atoms with Crippen molar-refractivity contribution in [2.45, 2.75) is 13.8 Å². The summed E-state index contributed by atoms with van der Waals surface area (Å²) in [6.07, 6.45) is 0. The van der Waals surface area contributed by atoms with E-state index in [1.54, 1.807) is 13.8 Å². The fourth-order valence-corrected chi connectivity index (χ4v) is 2.05. The molecular formula is C6H15O4P. The van der Waals surface area contributed by atoms with Gasteiger partial charge in [0.2, 0.25) is 0 Å². The number of rotatable bonds is 3. The molecule has 0 aliphatic heterocycles. The van der Waals surface area contributed by atoms with Crippen LogP contribution in [0.25, 0.3) is 0 Å². The van der Waals surface area contributed by atoms with Gasteiger partial charge in [-0.1, -0.05) is 0 Å². The van der Waals surface area contributed by atoms with E-state index in [0.717, 1.165) is 13.8 Å². The van der Waals surface area contributed by atoms with E-state index in [1.165, 1.54) is 0 Å².